The first-order chi connectivity index (χ1) is 9.61. The second-order valence-electron chi connectivity index (χ2n) is 4.19. The van der Waals surface area contributed by atoms with Crippen LogP contribution in [-0.4, -0.2) is 22.0 Å². The molecule has 2 heterocycles. The summed E-state index contributed by atoms with van der Waals surface area (Å²) in [6.07, 6.45) is 2.06. The van der Waals surface area contributed by atoms with Crippen molar-refractivity contribution in [2.75, 3.05) is 0 Å². The number of thiophene rings is 1. The number of carbonyl (C=O) groups is 2. The Morgan fingerprint density at radius 2 is 2.20 bits per heavy atom. The van der Waals surface area contributed by atoms with Crippen LogP contribution in [-0.2, 0) is 0 Å². The predicted octanol–water partition coefficient (Wildman–Crippen LogP) is 2.72. The van der Waals surface area contributed by atoms with Gasteiger partial charge in [0.15, 0.2) is 0 Å². The highest BCUT2D eigenvalue weighted by Gasteiger charge is 2.15. The average molecular weight is 290 g/mol. The number of hydrogen-bond acceptors (Lipinski definition) is 4. The van der Waals surface area contributed by atoms with Crippen molar-refractivity contribution in [2.24, 2.45) is 0 Å². The molecule has 1 unspecified atom stereocenters. The van der Waals surface area contributed by atoms with Crippen LogP contribution in [0.2, 0.25) is 0 Å². The standard InChI is InChI=1S/C14H14N2O3S/c1-2-10(12-4-3-7-20-12)16-13(17)9-5-6-11(14(18)19)15-8-9/h3-8,10H,2H2,1H3,(H,16,17)(H,18,19). The lowest BCUT2D eigenvalue weighted by Gasteiger charge is -2.15. The number of nitrogens with zero attached hydrogens (tertiary/aromatic N) is 1. The van der Waals surface area contributed by atoms with Gasteiger partial charge in [-0.15, -0.1) is 11.3 Å². The number of nitrogens with one attached hydrogen (secondary N) is 1. The Kier molecular flexibility index (Phi) is 4.47. The lowest BCUT2D eigenvalue weighted by molar-refractivity contribution is 0.0689. The van der Waals surface area contributed by atoms with Gasteiger partial charge in [-0.2, -0.15) is 0 Å². The molecule has 1 atom stereocenters. The summed E-state index contributed by atoms with van der Waals surface area (Å²) in [6, 6.07) is 6.67. The van der Waals surface area contributed by atoms with Crippen LogP contribution < -0.4 is 5.32 Å². The number of amides is 1. The van der Waals surface area contributed by atoms with E-state index in [2.05, 4.69) is 10.3 Å². The first kappa shape index (κ1) is 14.2. The van der Waals surface area contributed by atoms with Gasteiger partial charge in [-0.05, 0) is 30.0 Å². The van der Waals surface area contributed by atoms with Gasteiger partial charge in [-0.1, -0.05) is 13.0 Å². The van der Waals surface area contributed by atoms with Crippen LogP contribution in [0.4, 0.5) is 0 Å². The zero-order valence-electron chi connectivity index (χ0n) is 10.9. The molecule has 104 valence electrons. The molecule has 2 aromatic rings. The summed E-state index contributed by atoms with van der Waals surface area (Å²) in [4.78, 5) is 27.6. The Bertz CT molecular complexity index is 593. The SMILES string of the molecule is CCC(NC(=O)c1ccc(C(=O)O)nc1)c1cccs1. The van der Waals surface area contributed by atoms with Crippen LogP contribution in [0.15, 0.2) is 35.8 Å². The maximum Gasteiger partial charge on any atom is 0.354 e. The summed E-state index contributed by atoms with van der Waals surface area (Å²) in [7, 11) is 0. The van der Waals surface area contributed by atoms with Crippen molar-refractivity contribution >= 4 is 23.2 Å². The summed E-state index contributed by atoms with van der Waals surface area (Å²) in [5.41, 5.74) is 0.275. The van der Waals surface area contributed by atoms with E-state index in [9.17, 15) is 9.59 Å². The van der Waals surface area contributed by atoms with Gasteiger partial charge in [-0.3, -0.25) is 4.79 Å². The highest BCUT2D eigenvalue weighted by Crippen LogP contribution is 2.22. The summed E-state index contributed by atoms with van der Waals surface area (Å²) >= 11 is 1.59. The molecule has 0 spiro atoms. The smallest absolute Gasteiger partial charge is 0.354 e. The minimum Gasteiger partial charge on any atom is -0.477 e. The van der Waals surface area contributed by atoms with E-state index in [-0.39, 0.29) is 17.6 Å². The van der Waals surface area contributed by atoms with Crippen molar-refractivity contribution in [1.29, 1.82) is 0 Å². The van der Waals surface area contributed by atoms with Crippen LogP contribution >= 0.6 is 11.3 Å². The van der Waals surface area contributed by atoms with Gasteiger partial charge in [0, 0.05) is 11.1 Å². The Labute approximate surface area is 120 Å². The monoisotopic (exact) mass is 290 g/mol. The molecule has 0 saturated carbocycles. The number of carboxylic acids is 1. The molecule has 2 rings (SSSR count). The highest BCUT2D eigenvalue weighted by molar-refractivity contribution is 7.10. The summed E-state index contributed by atoms with van der Waals surface area (Å²) in [5, 5.41) is 13.6. The van der Waals surface area contributed by atoms with Crippen LogP contribution in [0.3, 0.4) is 0 Å². The number of carboxylic acid groups (broad SMARTS) is 1. The molecule has 0 radical (unpaired) electrons. The molecule has 5 nitrogen and oxygen atoms in total. The maximum atomic E-state index is 12.1. The van der Waals surface area contributed by atoms with E-state index < -0.39 is 5.97 Å². The van der Waals surface area contributed by atoms with Gasteiger partial charge in [0.1, 0.15) is 5.69 Å². The third-order valence-electron chi connectivity index (χ3n) is 2.84. The fourth-order valence-electron chi connectivity index (χ4n) is 1.76. The molecule has 0 aromatic carbocycles. The molecule has 20 heavy (non-hydrogen) atoms. The highest BCUT2D eigenvalue weighted by atomic mass is 32.1. The Morgan fingerprint density at radius 1 is 1.40 bits per heavy atom. The Morgan fingerprint density at radius 3 is 2.70 bits per heavy atom. The van der Waals surface area contributed by atoms with Gasteiger partial charge >= 0.3 is 5.97 Å². The molecule has 0 fully saturated rings. The first-order valence-electron chi connectivity index (χ1n) is 6.15. The number of aromatic nitrogens is 1. The Hall–Kier alpha value is -2.21. The van der Waals surface area contributed by atoms with Gasteiger partial charge in [0.2, 0.25) is 0 Å². The lowest BCUT2D eigenvalue weighted by Crippen LogP contribution is -2.27. The van der Waals surface area contributed by atoms with Crippen molar-refractivity contribution in [2.45, 2.75) is 19.4 Å². The molecule has 0 aliphatic carbocycles. The topological polar surface area (TPSA) is 79.3 Å². The number of hydrogen-bond donors (Lipinski definition) is 2. The molecule has 2 N–H and O–H groups in total. The molecule has 1 amide bonds. The quantitative estimate of drug-likeness (QED) is 0.887. The van der Waals surface area contributed by atoms with Crippen molar-refractivity contribution in [3.63, 3.8) is 0 Å². The first-order valence-corrected chi connectivity index (χ1v) is 7.03. The molecule has 6 heteroatoms. The largest absolute Gasteiger partial charge is 0.477 e. The van der Waals surface area contributed by atoms with Gasteiger partial charge in [-0.25, -0.2) is 9.78 Å². The van der Waals surface area contributed by atoms with Gasteiger partial charge < -0.3 is 10.4 Å². The molecule has 0 aliphatic rings. The predicted molar refractivity (Wildman–Crippen MR) is 76.0 cm³/mol. The van der Waals surface area contributed by atoms with E-state index in [0.29, 0.717) is 5.56 Å². The van der Waals surface area contributed by atoms with E-state index in [1.165, 1.54) is 18.3 Å². The van der Waals surface area contributed by atoms with Crippen molar-refractivity contribution in [3.05, 3.63) is 52.0 Å². The van der Waals surface area contributed by atoms with Crippen molar-refractivity contribution in [3.8, 4) is 0 Å². The van der Waals surface area contributed by atoms with Crippen LogP contribution in [0.5, 0.6) is 0 Å². The van der Waals surface area contributed by atoms with E-state index in [1.54, 1.807) is 11.3 Å². The summed E-state index contributed by atoms with van der Waals surface area (Å²) in [6.45, 7) is 2.00. The second kappa shape index (κ2) is 6.29. The third-order valence-corrected chi connectivity index (χ3v) is 3.83. The zero-order chi connectivity index (χ0) is 14.5. The van der Waals surface area contributed by atoms with Crippen molar-refractivity contribution < 1.29 is 14.7 Å². The van der Waals surface area contributed by atoms with E-state index in [4.69, 9.17) is 5.11 Å². The lowest BCUT2D eigenvalue weighted by atomic mass is 10.1. The number of aromatic carboxylic acids is 1. The molecule has 0 saturated heterocycles. The minimum absolute atomic E-state index is 0.0401. The fourth-order valence-corrected chi connectivity index (χ4v) is 2.62. The van der Waals surface area contributed by atoms with Gasteiger partial charge in [0.05, 0.1) is 11.6 Å². The number of pyridine rings is 1. The van der Waals surface area contributed by atoms with Crippen LogP contribution in [0.1, 0.15) is 45.1 Å². The van der Waals surface area contributed by atoms with Crippen molar-refractivity contribution in [1.82, 2.24) is 10.3 Å². The molecule has 0 bridgehead atoms. The van der Waals surface area contributed by atoms with Gasteiger partial charge in [0.25, 0.3) is 5.91 Å². The van der Waals surface area contributed by atoms with E-state index >= 15 is 0 Å². The van der Waals surface area contributed by atoms with Crippen LogP contribution in [0.25, 0.3) is 0 Å². The minimum atomic E-state index is -1.11. The zero-order valence-corrected chi connectivity index (χ0v) is 11.7. The fraction of sp³-hybridized carbons (Fsp3) is 0.214. The maximum absolute atomic E-state index is 12.1. The average Bonchev–Trinajstić information content (AvgIpc) is 2.98. The third kappa shape index (κ3) is 3.21. The van der Waals surface area contributed by atoms with E-state index in [1.807, 2.05) is 24.4 Å². The molecule has 0 aliphatic heterocycles. The summed E-state index contributed by atoms with van der Waals surface area (Å²) < 4.78 is 0. The normalized spacial score (nSPS) is 11.8. The number of rotatable bonds is 5. The van der Waals surface area contributed by atoms with Crippen LogP contribution in [0, 0.1) is 0 Å². The molecule has 2 aromatic heterocycles. The number of carbonyl (C=O) groups excluding carboxylic acids is 1. The Balaban J connectivity index is 2.09. The van der Waals surface area contributed by atoms with E-state index in [0.717, 1.165) is 11.3 Å². The molecular formula is C14H14N2O3S. The summed E-state index contributed by atoms with van der Waals surface area (Å²) in [5.74, 6) is -1.36. The molecular weight excluding hydrogens is 276 g/mol. The second-order valence-corrected chi connectivity index (χ2v) is 5.17.